The van der Waals surface area contributed by atoms with Crippen molar-refractivity contribution in [2.45, 2.75) is 25.4 Å². The molecule has 3 aromatic rings. The maximum Gasteiger partial charge on any atom is 0.281 e. The SMILES string of the molecule is O=C(Cn1nnc2c(cnn2-c2ccc(F)cc2)c1=O)NC1CC1. The average Bonchev–Trinajstić information content (AvgIpc) is 3.26. The summed E-state index contributed by atoms with van der Waals surface area (Å²) in [4.78, 5) is 24.2. The van der Waals surface area contributed by atoms with Crippen LogP contribution in [0.3, 0.4) is 0 Å². The number of carbonyl (C=O) groups is 1. The monoisotopic (exact) mass is 328 g/mol. The van der Waals surface area contributed by atoms with Crippen LogP contribution in [0.5, 0.6) is 0 Å². The molecule has 0 spiro atoms. The van der Waals surface area contributed by atoms with Crippen molar-refractivity contribution in [2.24, 2.45) is 0 Å². The van der Waals surface area contributed by atoms with Gasteiger partial charge in [0.15, 0.2) is 5.65 Å². The average molecular weight is 328 g/mol. The molecule has 2 aromatic heterocycles. The molecule has 1 amide bonds. The van der Waals surface area contributed by atoms with Crippen LogP contribution >= 0.6 is 0 Å². The second-order valence-electron chi connectivity index (χ2n) is 5.66. The highest BCUT2D eigenvalue weighted by molar-refractivity contribution is 5.77. The summed E-state index contributed by atoms with van der Waals surface area (Å²) >= 11 is 0. The normalized spacial score (nSPS) is 14.0. The molecule has 1 aliphatic carbocycles. The lowest BCUT2D eigenvalue weighted by atomic mass is 10.3. The maximum atomic E-state index is 13.0. The quantitative estimate of drug-likeness (QED) is 0.748. The van der Waals surface area contributed by atoms with Crippen LogP contribution in [0.4, 0.5) is 4.39 Å². The molecule has 4 rings (SSSR count). The predicted molar refractivity (Wildman–Crippen MR) is 82.0 cm³/mol. The first-order chi connectivity index (χ1) is 11.6. The van der Waals surface area contributed by atoms with E-state index in [4.69, 9.17) is 0 Å². The predicted octanol–water partition coefficient (Wildman–Crippen LogP) is 0.395. The van der Waals surface area contributed by atoms with Gasteiger partial charge in [0.1, 0.15) is 17.7 Å². The van der Waals surface area contributed by atoms with E-state index in [1.165, 1.54) is 35.1 Å². The Balaban J connectivity index is 1.68. The number of aromatic nitrogens is 5. The van der Waals surface area contributed by atoms with E-state index < -0.39 is 5.56 Å². The Labute approximate surface area is 134 Å². The molecule has 1 fully saturated rings. The number of fused-ring (bicyclic) bond motifs is 1. The van der Waals surface area contributed by atoms with Crippen LogP contribution in [0, 0.1) is 5.82 Å². The van der Waals surface area contributed by atoms with Crippen LogP contribution < -0.4 is 10.9 Å². The number of rotatable bonds is 4. The van der Waals surface area contributed by atoms with E-state index in [0.717, 1.165) is 17.5 Å². The molecule has 9 heteroatoms. The molecular formula is C15H13FN6O2. The zero-order valence-corrected chi connectivity index (χ0v) is 12.5. The Morgan fingerprint density at radius 2 is 2.04 bits per heavy atom. The van der Waals surface area contributed by atoms with Crippen molar-refractivity contribution >= 4 is 16.9 Å². The molecule has 2 heterocycles. The van der Waals surface area contributed by atoms with Gasteiger partial charge in [0.05, 0.1) is 11.9 Å². The summed E-state index contributed by atoms with van der Waals surface area (Å²) in [6, 6.07) is 5.85. The highest BCUT2D eigenvalue weighted by Gasteiger charge is 2.24. The summed E-state index contributed by atoms with van der Waals surface area (Å²) in [5.41, 5.74) is 0.370. The Morgan fingerprint density at radius 1 is 1.29 bits per heavy atom. The number of nitrogens with zero attached hydrogens (tertiary/aromatic N) is 5. The van der Waals surface area contributed by atoms with Gasteiger partial charge in [-0.15, -0.1) is 5.10 Å². The maximum absolute atomic E-state index is 13.0. The molecule has 0 saturated heterocycles. The van der Waals surface area contributed by atoms with E-state index in [1.54, 1.807) is 0 Å². The highest BCUT2D eigenvalue weighted by atomic mass is 19.1. The summed E-state index contributed by atoms with van der Waals surface area (Å²) in [5, 5.41) is 14.9. The third kappa shape index (κ3) is 2.64. The minimum absolute atomic E-state index is 0.181. The van der Waals surface area contributed by atoms with Gasteiger partial charge in [0.2, 0.25) is 5.91 Å². The number of benzene rings is 1. The van der Waals surface area contributed by atoms with Gasteiger partial charge in [-0.2, -0.15) is 5.10 Å². The molecule has 0 atom stereocenters. The molecule has 0 bridgehead atoms. The van der Waals surface area contributed by atoms with Crippen LogP contribution in [-0.4, -0.2) is 36.7 Å². The first kappa shape index (κ1) is 14.5. The van der Waals surface area contributed by atoms with Crippen molar-refractivity contribution in [2.75, 3.05) is 0 Å². The second-order valence-corrected chi connectivity index (χ2v) is 5.66. The molecular weight excluding hydrogens is 315 g/mol. The zero-order valence-electron chi connectivity index (χ0n) is 12.5. The molecule has 122 valence electrons. The van der Waals surface area contributed by atoms with Gasteiger partial charge in [0, 0.05) is 6.04 Å². The van der Waals surface area contributed by atoms with Crippen molar-refractivity contribution in [1.82, 2.24) is 30.1 Å². The van der Waals surface area contributed by atoms with Gasteiger partial charge in [-0.1, -0.05) is 5.21 Å². The van der Waals surface area contributed by atoms with E-state index in [2.05, 4.69) is 20.7 Å². The van der Waals surface area contributed by atoms with Crippen molar-refractivity contribution in [3.05, 3.63) is 46.6 Å². The number of amides is 1. The van der Waals surface area contributed by atoms with Crippen LogP contribution in [0.1, 0.15) is 12.8 Å². The molecule has 8 nitrogen and oxygen atoms in total. The van der Waals surface area contributed by atoms with Gasteiger partial charge in [-0.3, -0.25) is 9.59 Å². The van der Waals surface area contributed by atoms with Gasteiger partial charge in [-0.05, 0) is 37.1 Å². The third-order valence-electron chi connectivity index (χ3n) is 3.76. The van der Waals surface area contributed by atoms with Crippen LogP contribution in [0.15, 0.2) is 35.3 Å². The van der Waals surface area contributed by atoms with Crippen LogP contribution in [0.2, 0.25) is 0 Å². The minimum atomic E-state index is -0.445. The fourth-order valence-electron chi connectivity index (χ4n) is 2.38. The Bertz CT molecular complexity index is 974. The molecule has 0 aliphatic heterocycles. The summed E-state index contributed by atoms with van der Waals surface area (Å²) in [6.07, 6.45) is 3.30. The summed E-state index contributed by atoms with van der Waals surface area (Å²) < 4.78 is 15.4. The lowest BCUT2D eigenvalue weighted by molar-refractivity contribution is -0.122. The van der Waals surface area contributed by atoms with Gasteiger partial charge in [0.25, 0.3) is 5.56 Å². The second kappa shape index (κ2) is 5.52. The first-order valence-electron chi connectivity index (χ1n) is 7.48. The number of nitrogens with one attached hydrogen (secondary N) is 1. The molecule has 1 aliphatic rings. The molecule has 1 aromatic carbocycles. The Hall–Kier alpha value is -3.10. The summed E-state index contributed by atoms with van der Waals surface area (Å²) in [6.45, 7) is -0.181. The summed E-state index contributed by atoms with van der Waals surface area (Å²) in [5.74, 6) is -0.635. The van der Waals surface area contributed by atoms with Crippen LogP contribution in [0.25, 0.3) is 16.7 Å². The molecule has 0 unspecified atom stereocenters. The van der Waals surface area contributed by atoms with Crippen molar-refractivity contribution < 1.29 is 9.18 Å². The zero-order chi connectivity index (χ0) is 16.7. The molecule has 0 radical (unpaired) electrons. The van der Waals surface area contributed by atoms with E-state index in [-0.39, 0.29) is 35.3 Å². The summed E-state index contributed by atoms with van der Waals surface area (Å²) in [7, 11) is 0. The topological polar surface area (TPSA) is 94.7 Å². The Morgan fingerprint density at radius 3 is 2.75 bits per heavy atom. The van der Waals surface area contributed by atoms with E-state index in [9.17, 15) is 14.0 Å². The number of carbonyl (C=O) groups excluding carboxylic acids is 1. The van der Waals surface area contributed by atoms with Gasteiger partial charge >= 0.3 is 0 Å². The molecule has 24 heavy (non-hydrogen) atoms. The lowest BCUT2D eigenvalue weighted by Crippen LogP contribution is -2.35. The number of halogens is 1. The lowest BCUT2D eigenvalue weighted by Gasteiger charge is -2.05. The van der Waals surface area contributed by atoms with E-state index in [1.807, 2.05) is 0 Å². The third-order valence-corrected chi connectivity index (χ3v) is 3.76. The van der Waals surface area contributed by atoms with E-state index >= 15 is 0 Å². The largest absolute Gasteiger partial charge is 0.352 e. The number of hydrogen-bond donors (Lipinski definition) is 1. The van der Waals surface area contributed by atoms with Crippen molar-refractivity contribution in [1.29, 1.82) is 0 Å². The standard InChI is InChI=1S/C15H13FN6O2/c16-9-1-5-11(6-2-9)22-14-12(7-17-22)15(24)21(20-19-14)8-13(23)18-10-3-4-10/h1-2,5-7,10H,3-4,8H2,(H,18,23). The van der Waals surface area contributed by atoms with Crippen LogP contribution in [-0.2, 0) is 11.3 Å². The van der Waals surface area contributed by atoms with Gasteiger partial charge < -0.3 is 5.32 Å². The van der Waals surface area contributed by atoms with Gasteiger partial charge in [-0.25, -0.2) is 13.8 Å². The Kier molecular flexibility index (Phi) is 3.33. The molecule has 1 N–H and O–H groups in total. The minimum Gasteiger partial charge on any atom is -0.352 e. The fourth-order valence-corrected chi connectivity index (χ4v) is 2.38. The number of hydrogen-bond acceptors (Lipinski definition) is 5. The van der Waals surface area contributed by atoms with Crippen molar-refractivity contribution in [3.8, 4) is 5.69 Å². The van der Waals surface area contributed by atoms with E-state index in [0.29, 0.717) is 5.69 Å². The smallest absolute Gasteiger partial charge is 0.281 e. The highest BCUT2D eigenvalue weighted by Crippen LogP contribution is 2.18. The first-order valence-corrected chi connectivity index (χ1v) is 7.48. The fraction of sp³-hybridized carbons (Fsp3) is 0.267. The van der Waals surface area contributed by atoms with Crippen molar-refractivity contribution in [3.63, 3.8) is 0 Å². The molecule has 1 saturated carbocycles.